The zero-order chi connectivity index (χ0) is 34.8. The van der Waals surface area contributed by atoms with E-state index >= 15 is 0 Å². The van der Waals surface area contributed by atoms with Crippen LogP contribution in [0.4, 0.5) is 10.1 Å². The highest BCUT2D eigenvalue weighted by Gasteiger charge is 2.56. The molecular weight excluding hydrogens is 637 g/mol. The van der Waals surface area contributed by atoms with E-state index in [0.717, 1.165) is 0 Å². The number of hydrogen-bond acceptors (Lipinski definition) is 11. The van der Waals surface area contributed by atoms with Crippen LogP contribution in [0.3, 0.4) is 0 Å². The second kappa shape index (κ2) is 16.5. The lowest BCUT2D eigenvalue weighted by molar-refractivity contribution is -0.289. The minimum atomic E-state index is -1.61. The van der Waals surface area contributed by atoms with Crippen molar-refractivity contribution in [3.8, 4) is 0 Å². The van der Waals surface area contributed by atoms with Crippen LogP contribution < -0.4 is 5.32 Å². The van der Waals surface area contributed by atoms with Gasteiger partial charge in [-0.2, -0.15) is 0 Å². The van der Waals surface area contributed by atoms with Crippen LogP contribution in [0, 0.1) is 5.82 Å². The van der Waals surface area contributed by atoms with Crippen molar-refractivity contribution in [2.45, 2.75) is 43.7 Å². The van der Waals surface area contributed by atoms with Gasteiger partial charge in [0.1, 0.15) is 11.9 Å². The molecule has 1 unspecified atom stereocenters. The number of esters is 4. The van der Waals surface area contributed by atoms with Crippen molar-refractivity contribution in [2.24, 2.45) is 0 Å². The van der Waals surface area contributed by atoms with Crippen LogP contribution >= 0.6 is 0 Å². The highest BCUT2D eigenvalue weighted by molar-refractivity contribution is 5.91. The number of nitrogens with one attached hydrogen (secondary N) is 1. The third kappa shape index (κ3) is 8.66. The summed E-state index contributed by atoms with van der Waals surface area (Å²) in [4.78, 5) is 54.3. The molecule has 1 heterocycles. The molecule has 0 spiro atoms. The van der Waals surface area contributed by atoms with Gasteiger partial charge in [-0.1, -0.05) is 54.6 Å². The summed E-state index contributed by atoms with van der Waals surface area (Å²) in [6.07, 6.45) is -7.65. The van der Waals surface area contributed by atoms with Gasteiger partial charge in [0.25, 0.3) is 0 Å². The molecule has 49 heavy (non-hydrogen) atoms. The summed E-state index contributed by atoms with van der Waals surface area (Å²) in [7, 11) is 1.27. The van der Waals surface area contributed by atoms with E-state index in [9.17, 15) is 23.6 Å². The fraction of sp³-hybridized carbons (Fsp3) is 0.243. The number of methoxy groups -OCH3 is 1. The molecule has 11 nitrogen and oxygen atoms in total. The zero-order valence-electron chi connectivity index (χ0n) is 26.6. The molecule has 0 aliphatic carbocycles. The standard InChI is InChI=1S/C37H34FNO10/c1-3-45-36(43)28(39-27-21-19-26(38)20-22-27)29-30(46-33(40)23-13-7-4-8-14-23)31(47-34(41)24-15-9-5-10-16-24)32(37(44-2)49-29)48-35(42)25-17-11-6-12-18-25/h4-22,28-32,37,39H,3H2,1-2H3/t28?,29-,30-,31-,32+,37-/m0/s1. The third-order valence-corrected chi connectivity index (χ3v) is 7.56. The summed E-state index contributed by atoms with van der Waals surface area (Å²) in [6.45, 7) is 1.57. The topological polar surface area (TPSA) is 136 Å². The molecule has 0 bridgehead atoms. The van der Waals surface area contributed by atoms with E-state index in [1.807, 2.05) is 0 Å². The Labute approximate surface area is 281 Å². The van der Waals surface area contributed by atoms with Gasteiger partial charge in [-0.3, -0.25) is 0 Å². The average molecular weight is 672 g/mol. The highest BCUT2D eigenvalue weighted by atomic mass is 19.1. The van der Waals surface area contributed by atoms with Gasteiger partial charge in [-0.15, -0.1) is 0 Å². The minimum absolute atomic E-state index is 0.0287. The molecule has 0 amide bonds. The third-order valence-electron chi connectivity index (χ3n) is 7.56. The molecule has 5 rings (SSSR count). The number of carbonyl (C=O) groups is 4. The largest absolute Gasteiger partial charge is 0.464 e. The quantitative estimate of drug-likeness (QED) is 0.157. The Hall–Kier alpha value is -5.59. The van der Waals surface area contributed by atoms with Crippen molar-refractivity contribution in [3.63, 3.8) is 0 Å². The maximum absolute atomic E-state index is 13.8. The van der Waals surface area contributed by atoms with Crippen molar-refractivity contribution in [2.75, 3.05) is 19.0 Å². The molecule has 1 saturated heterocycles. The lowest BCUT2D eigenvalue weighted by atomic mass is 9.92. The summed E-state index contributed by atoms with van der Waals surface area (Å²) in [5, 5.41) is 2.97. The second-order valence-corrected chi connectivity index (χ2v) is 10.8. The van der Waals surface area contributed by atoms with Crippen LogP contribution in [0.15, 0.2) is 115 Å². The molecule has 1 aliphatic rings. The summed E-state index contributed by atoms with van der Waals surface area (Å²) < 4.78 is 49.0. The number of hydrogen-bond donors (Lipinski definition) is 1. The number of carbonyl (C=O) groups excluding carboxylic acids is 4. The summed E-state index contributed by atoms with van der Waals surface area (Å²) >= 11 is 0. The van der Waals surface area contributed by atoms with Crippen LogP contribution in [-0.4, -0.2) is 74.3 Å². The summed E-state index contributed by atoms with van der Waals surface area (Å²) in [6, 6.07) is 27.7. The molecule has 1 fully saturated rings. The number of benzene rings is 4. The van der Waals surface area contributed by atoms with Gasteiger partial charge >= 0.3 is 23.9 Å². The molecule has 0 aromatic heterocycles. The van der Waals surface area contributed by atoms with Gasteiger partial charge in [0, 0.05) is 12.8 Å². The number of rotatable bonds is 12. The molecule has 0 saturated carbocycles. The average Bonchev–Trinajstić information content (AvgIpc) is 3.13. The van der Waals surface area contributed by atoms with Gasteiger partial charge in [0.2, 0.25) is 0 Å². The monoisotopic (exact) mass is 671 g/mol. The van der Waals surface area contributed by atoms with Gasteiger partial charge < -0.3 is 33.7 Å². The van der Waals surface area contributed by atoms with Crippen LogP contribution in [0.25, 0.3) is 0 Å². The van der Waals surface area contributed by atoms with Gasteiger partial charge in [-0.25, -0.2) is 23.6 Å². The molecular formula is C37H34FNO10. The maximum atomic E-state index is 13.8. The predicted molar refractivity (Wildman–Crippen MR) is 173 cm³/mol. The Bertz CT molecular complexity index is 1710. The first-order chi connectivity index (χ1) is 23.8. The van der Waals surface area contributed by atoms with Crippen molar-refractivity contribution >= 4 is 29.6 Å². The summed E-state index contributed by atoms with van der Waals surface area (Å²) in [5.74, 6) is -3.86. The number of anilines is 1. The second-order valence-electron chi connectivity index (χ2n) is 10.8. The lowest BCUT2D eigenvalue weighted by Crippen LogP contribution is -2.66. The predicted octanol–water partition coefficient (Wildman–Crippen LogP) is 5.22. The normalized spacial score (nSPS) is 20.7. The lowest BCUT2D eigenvalue weighted by Gasteiger charge is -2.46. The van der Waals surface area contributed by atoms with Crippen molar-refractivity contribution in [1.29, 1.82) is 0 Å². The SMILES string of the molecule is CCOC(=O)C(Nc1ccc(F)cc1)[C@@H]1O[C@H](OC)[C@H](OC(=O)c2ccccc2)[C@@H](OC(=O)c2ccccc2)[C@H]1OC(=O)c1ccccc1. The summed E-state index contributed by atoms with van der Waals surface area (Å²) in [5.41, 5.74) is 0.751. The number of ether oxygens (including phenoxy) is 6. The van der Waals surface area contributed by atoms with Crippen molar-refractivity contribution in [3.05, 3.63) is 138 Å². The van der Waals surface area contributed by atoms with E-state index in [1.54, 1.807) is 61.5 Å². The van der Waals surface area contributed by atoms with E-state index in [2.05, 4.69) is 5.32 Å². The van der Waals surface area contributed by atoms with Gasteiger partial charge in [0.05, 0.1) is 23.3 Å². The first-order valence-electron chi connectivity index (χ1n) is 15.4. The zero-order valence-corrected chi connectivity index (χ0v) is 26.6. The first kappa shape index (κ1) is 34.7. The minimum Gasteiger partial charge on any atom is -0.464 e. The van der Waals surface area contributed by atoms with Gasteiger partial charge in [0.15, 0.2) is 30.6 Å². The molecule has 4 aromatic carbocycles. The molecule has 1 N–H and O–H groups in total. The fourth-order valence-corrected chi connectivity index (χ4v) is 5.22. The number of halogens is 1. The maximum Gasteiger partial charge on any atom is 0.338 e. The van der Waals surface area contributed by atoms with E-state index < -0.39 is 66.4 Å². The molecule has 0 radical (unpaired) electrons. The van der Waals surface area contributed by atoms with E-state index in [1.165, 1.54) is 67.8 Å². The van der Waals surface area contributed by atoms with Crippen molar-refractivity contribution in [1.82, 2.24) is 0 Å². The Morgan fingerprint density at radius 2 is 1.12 bits per heavy atom. The Morgan fingerprint density at radius 3 is 1.57 bits per heavy atom. The molecule has 4 aromatic rings. The van der Waals surface area contributed by atoms with Crippen molar-refractivity contribution < 1.29 is 52.0 Å². The highest BCUT2D eigenvalue weighted by Crippen LogP contribution is 2.33. The smallest absolute Gasteiger partial charge is 0.338 e. The molecule has 254 valence electrons. The molecule has 1 aliphatic heterocycles. The van der Waals surface area contributed by atoms with Crippen LogP contribution in [-0.2, 0) is 33.2 Å². The van der Waals surface area contributed by atoms with E-state index in [4.69, 9.17) is 28.4 Å². The Kier molecular flexibility index (Phi) is 11.7. The fourth-order valence-electron chi connectivity index (χ4n) is 5.22. The van der Waals surface area contributed by atoms with Crippen LogP contribution in [0.2, 0.25) is 0 Å². The first-order valence-corrected chi connectivity index (χ1v) is 15.4. The van der Waals surface area contributed by atoms with E-state index in [-0.39, 0.29) is 23.3 Å². The Balaban J connectivity index is 1.62. The van der Waals surface area contributed by atoms with Crippen LogP contribution in [0.5, 0.6) is 0 Å². The molecule has 6 atom stereocenters. The molecule has 12 heteroatoms. The van der Waals surface area contributed by atoms with Gasteiger partial charge in [-0.05, 0) is 67.6 Å². The van der Waals surface area contributed by atoms with Crippen LogP contribution in [0.1, 0.15) is 38.0 Å². The van der Waals surface area contributed by atoms with E-state index in [0.29, 0.717) is 5.69 Å². The Morgan fingerprint density at radius 1 is 0.673 bits per heavy atom.